The van der Waals surface area contributed by atoms with Gasteiger partial charge in [0.1, 0.15) is 11.5 Å². The van der Waals surface area contributed by atoms with Crippen molar-refractivity contribution in [3.63, 3.8) is 0 Å². The maximum atomic E-state index is 12.1. The second-order valence-electron chi connectivity index (χ2n) is 4.31. The predicted octanol–water partition coefficient (Wildman–Crippen LogP) is 1.29. The molecule has 2 aromatic rings. The SMILES string of the molecule is Cc1ccc(C(=O)Nc2cc(C#CCN)ccn2)n1C. The minimum absolute atomic E-state index is 0.197. The number of hydrogen-bond acceptors (Lipinski definition) is 3. The van der Waals surface area contributed by atoms with E-state index in [9.17, 15) is 4.79 Å². The van der Waals surface area contributed by atoms with Crippen LogP contribution in [0.1, 0.15) is 21.7 Å². The van der Waals surface area contributed by atoms with E-state index in [1.165, 1.54) is 0 Å². The summed E-state index contributed by atoms with van der Waals surface area (Å²) in [6, 6.07) is 7.16. The number of nitrogens with one attached hydrogen (secondary N) is 1. The molecule has 20 heavy (non-hydrogen) atoms. The molecule has 0 bridgehead atoms. The first kappa shape index (κ1) is 13.8. The monoisotopic (exact) mass is 268 g/mol. The van der Waals surface area contributed by atoms with E-state index in [4.69, 9.17) is 5.73 Å². The zero-order valence-electron chi connectivity index (χ0n) is 11.5. The molecule has 2 heterocycles. The predicted molar refractivity (Wildman–Crippen MR) is 78.3 cm³/mol. The number of anilines is 1. The number of aryl methyl sites for hydroxylation is 1. The zero-order chi connectivity index (χ0) is 14.5. The molecule has 0 spiro atoms. The van der Waals surface area contributed by atoms with Crippen LogP contribution in [0.15, 0.2) is 30.5 Å². The minimum atomic E-state index is -0.197. The maximum Gasteiger partial charge on any atom is 0.273 e. The maximum absolute atomic E-state index is 12.1. The van der Waals surface area contributed by atoms with Gasteiger partial charge in [-0.3, -0.25) is 4.79 Å². The van der Waals surface area contributed by atoms with Crippen molar-refractivity contribution in [2.24, 2.45) is 12.8 Å². The van der Waals surface area contributed by atoms with Crippen LogP contribution in [0.25, 0.3) is 0 Å². The second kappa shape index (κ2) is 6.04. The van der Waals surface area contributed by atoms with Gasteiger partial charge >= 0.3 is 0 Å². The van der Waals surface area contributed by atoms with Crippen LogP contribution in [0.2, 0.25) is 0 Å². The number of hydrogen-bond donors (Lipinski definition) is 2. The van der Waals surface area contributed by atoms with Crippen molar-refractivity contribution >= 4 is 11.7 Å². The van der Waals surface area contributed by atoms with Crippen LogP contribution in [0.5, 0.6) is 0 Å². The summed E-state index contributed by atoms with van der Waals surface area (Å²) in [4.78, 5) is 16.3. The van der Waals surface area contributed by atoms with E-state index in [0.717, 1.165) is 11.3 Å². The van der Waals surface area contributed by atoms with Crippen molar-refractivity contribution in [2.75, 3.05) is 11.9 Å². The highest BCUT2D eigenvalue weighted by Crippen LogP contribution is 2.10. The van der Waals surface area contributed by atoms with Gasteiger partial charge in [0.2, 0.25) is 0 Å². The summed E-state index contributed by atoms with van der Waals surface area (Å²) in [7, 11) is 1.85. The summed E-state index contributed by atoms with van der Waals surface area (Å²) in [5, 5.41) is 2.76. The molecule has 0 aliphatic carbocycles. The molecule has 0 saturated heterocycles. The van der Waals surface area contributed by atoms with Gasteiger partial charge in [-0.25, -0.2) is 4.98 Å². The number of rotatable bonds is 2. The lowest BCUT2D eigenvalue weighted by atomic mass is 10.2. The van der Waals surface area contributed by atoms with E-state index in [-0.39, 0.29) is 5.91 Å². The van der Waals surface area contributed by atoms with Crippen LogP contribution in [-0.4, -0.2) is 22.0 Å². The molecule has 2 rings (SSSR count). The van der Waals surface area contributed by atoms with Crippen LogP contribution < -0.4 is 11.1 Å². The fraction of sp³-hybridized carbons (Fsp3) is 0.200. The van der Waals surface area contributed by atoms with Crippen LogP contribution in [-0.2, 0) is 7.05 Å². The molecular formula is C15H16N4O. The van der Waals surface area contributed by atoms with Gasteiger partial charge in [0, 0.05) is 24.5 Å². The van der Waals surface area contributed by atoms with E-state index >= 15 is 0 Å². The number of amides is 1. The summed E-state index contributed by atoms with van der Waals surface area (Å²) in [6.07, 6.45) is 1.60. The first-order valence-corrected chi connectivity index (χ1v) is 6.20. The lowest BCUT2D eigenvalue weighted by Crippen LogP contribution is -2.16. The van der Waals surface area contributed by atoms with Crippen LogP contribution >= 0.6 is 0 Å². The third-order valence-electron chi connectivity index (χ3n) is 2.94. The van der Waals surface area contributed by atoms with Crippen LogP contribution in [0.3, 0.4) is 0 Å². The lowest BCUT2D eigenvalue weighted by molar-refractivity contribution is 0.101. The zero-order valence-corrected chi connectivity index (χ0v) is 11.5. The Morgan fingerprint density at radius 3 is 2.90 bits per heavy atom. The van der Waals surface area contributed by atoms with Crippen molar-refractivity contribution in [1.29, 1.82) is 0 Å². The fourth-order valence-corrected chi connectivity index (χ4v) is 1.75. The normalized spacial score (nSPS) is 9.75. The highest BCUT2D eigenvalue weighted by molar-refractivity contribution is 6.02. The first-order chi connectivity index (χ1) is 9.61. The van der Waals surface area contributed by atoms with Crippen molar-refractivity contribution in [3.8, 4) is 11.8 Å². The Kier molecular flexibility index (Phi) is 4.18. The fourth-order valence-electron chi connectivity index (χ4n) is 1.75. The molecule has 0 aliphatic rings. The molecule has 0 fully saturated rings. The summed E-state index contributed by atoms with van der Waals surface area (Å²) in [5.41, 5.74) is 7.70. The van der Waals surface area contributed by atoms with Gasteiger partial charge in [-0.05, 0) is 31.2 Å². The summed E-state index contributed by atoms with van der Waals surface area (Å²) in [6.45, 7) is 2.24. The Balaban J connectivity index is 2.18. The number of carbonyl (C=O) groups is 1. The largest absolute Gasteiger partial charge is 0.344 e. The van der Waals surface area contributed by atoms with Gasteiger partial charge in [-0.15, -0.1) is 0 Å². The number of pyridine rings is 1. The molecule has 5 heteroatoms. The van der Waals surface area contributed by atoms with E-state index in [0.29, 0.717) is 18.1 Å². The third kappa shape index (κ3) is 3.05. The van der Waals surface area contributed by atoms with Crippen molar-refractivity contribution < 1.29 is 4.79 Å². The Labute approximate surface area is 117 Å². The average Bonchev–Trinajstić information content (AvgIpc) is 2.77. The molecule has 5 nitrogen and oxygen atoms in total. The first-order valence-electron chi connectivity index (χ1n) is 6.20. The summed E-state index contributed by atoms with van der Waals surface area (Å²) >= 11 is 0. The molecule has 0 radical (unpaired) electrons. The Morgan fingerprint density at radius 2 is 2.25 bits per heavy atom. The molecular weight excluding hydrogens is 252 g/mol. The smallest absolute Gasteiger partial charge is 0.273 e. The molecule has 0 unspecified atom stereocenters. The van der Waals surface area contributed by atoms with E-state index in [1.807, 2.05) is 24.6 Å². The summed E-state index contributed by atoms with van der Waals surface area (Å²) < 4.78 is 1.83. The Hall–Kier alpha value is -2.58. The second-order valence-corrected chi connectivity index (χ2v) is 4.31. The molecule has 102 valence electrons. The molecule has 0 saturated carbocycles. The molecule has 1 amide bonds. The summed E-state index contributed by atoms with van der Waals surface area (Å²) in [5.74, 6) is 5.94. The van der Waals surface area contributed by atoms with Crippen molar-refractivity contribution in [1.82, 2.24) is 9.55 Å². The van der Waals surface area contributed by atoms with Gasteiger partial charge in [0.05, 0.1) is 6.54 Å². The molecule has 0 aromatic carbocycles. The van der Waals surface area contributed by atoms with Gasteiger partial charge in [-0.1, -0.05) is 11.8 Å². The third-order valence-corrected chi connectivity index (χ3v) is 2.94. The van der Waals surface area contributed by atoms with E-state index < -0.39 is 0 Å². The minimum Gasteiger partial charge on any atom is -0.344 e. The molecule has 3 N–H and O–H groups in total. The number of carbonyl (C=O) groups excluding carboxylic acids is 1. The number of nitrogens with two attached hydrogens (primary N) is 1. The van der Waals surface area contributed by atoms with E-state index in [2.05, 4.69) is 22.1 Å². The van der Waals surface area contributed by atoms with Gasteiger partial charge in [0.25, 0.3) is 5.91 Å². The van der Waals surface area contributed by atoms with Crippen molar-refractivity contribution in [2.45, 2.75) is 6.92 Å². The van der Waals surface area contributed by atoms with Gasteiger partial charge in [-0.2, -0.15) is 0 Å². The highest BCUT2D eigenvalue weighted by atomic mass is 16.2. The standard InChI is InChI=1S/C15H16N4O/c1-11-5-6-13(19(11)2)15(20)18-14-10-12(4-3-8-16)7-9-17-14/h5-7,9-10H,8,16H2,1-2H3,(H,17,18,20). The Bertz CT molecular complexity index is 691. The number of aromatic nitrogens is 2. The van der Waals surface area contributed by atoms with Gasteiger partial charge in [0.15, 0.2) is 0 Å². The van der Waals surface area contributed by atoms with Crippen LogP contribution in [0.4, 0.5) is 5.82 Å². The molecule has 0 aliphatic heterocycles. The van der Waals surface area contributed by atoms with Crippen molar-refractivity contribution in [3.05, 3.63) is 47.4 Å². The van der Waals surface area contributed by atoms with Gasteiger partial charge < -0.3 is 15.6 Å². The molecule has 0 atom stereocenters. The molecule has 2 aromatic heterocycles. The topological polar surface area (TPSA) is 72.9 Å². The Morgan fingerprint density at radius 1 is 1.45 bits per heavy atom. The quantitative estimate of drug-likeness (QED) is 0.806. The van der Waals surface area contributed by atoms with E-state index in [1.54, 1.807) is 24.4 Å². The van der Waals surface area contributed by atoms with Crippen LogP contribution in [0, 0.1) is 18.8 Å². The highest BCUT2D eigenvalue weighted by Gasteiger charge is 2.11. The average molecular weight is 268 g/mol. The number of nitrogens with zero attached hydrogens (tertiary/aromatic N) is 2. The lowest BCUT2D eigenvalue weighted by Gasteiger charge is -2.06.